The van der Waals surface area contributed by atoms with Crippen LogP contribution < -0.4 is 0 Å². The molecule has 3 aliphatic carbocycles. The molecule has 0 unspecified atom stereocenters. The molecule has 3 aliphatic rings. The van der Waals surface area contributed by atoms with Crippen LogP contribution in [-0.4, -0.2) is 46.9 Å². The Morgan fingerprint density at radius 2 is 1.00 bits per heavy atom. The zero-order valence-corrected chi connectivity index (χ0v) is 9.08. The fourth-order valence-corrected chi connectivity index (χ4v) is 4.08. The molecule has 4 atom stereocenters. The minimum absolute atomic E-state index is 0.0146. The zero-order valence-electron chi connectivity index (χ0n) is 9.08. The van der Waals surface area contributed by atoms with E-state index in [1.807, 2.05) is 12.2 Å². The summed E-state index contributed by atoms with van der Waals surface area (Å²) in [6, 6.07) is 0. The van der Waals surface area contributed by atoms with E-state index in [0.29, 0.717) is 0 Å². The summed E-state index contributed by atoms with van der Waals surface area (Å²) in [5.74, 6) is 0.918. The van der Waals surface area contributed by atoms with Crippen molar-refractivity contribution in [3.05, 3.63) is 12.2 Å². The van der Waals surface area contributed by atoms with Crippen molar-refractivity contribution in [2.24, 2.45) is 34.5 Å². The first kappa shape index (κ1) is 10.7. The molecule has 0 saturated heterocycles. The Morgan fingerprint density at radius 1 is 0.688 bits per heavy atom. The molecule has 4 N–H and O–H groups in total. The average Bonchev–Trinajstić information content (AvgIpc) is 3.19. The molecule has 4 nitrogen and oxygen atoms in total. The molecule has 0 aliphatic heterocycles. The molecule has 16 heavy (non-hydrogen) atoms. The van der Waals surface area contributed by atoms with Gasteiger partial charge in [-0.2, -0.15) is 0 Å². The topological polar surface area (TPSA) is 80.9 Å². The lowest BCUT2D eigenvalue weighted by Gasteiger charge is -2.13. The Bertz CT molecular complexity index is 298. The van der Waals surface area contributed by atoms with Gasteiger partial charge in [-0.25, -0.2) is 0 Å². The Morgan fingerprint density at radius 3 is 1.25 bits per heavy atom. The van der Waals surface area contributed by atoms with Gasteiger partial charge in [-0.15, -0.1) is 0 Å². The third-order valence-electron chi connectivity index (χ3n) is 5.30. The van der Waals surface area contributed by atoms with E-state index in [-0.39, 0.29) is 50.1 Å². The Hall–Kier alpha value is -0.420. The van der Waals surface area contributed by atoms with Gasteiger partial charge in [-0.05, 0) is 23.7 Å². The number of aliphatic hydroxyl groups is 4. The lowest BCUT2D eigenvalue weighted by molar-refractivity contribution is 0.0922. The van der Waals surface area contributed by atoms with Gasteiger partial charge in [-0.1, -0.05) is 12.2 Å². The highest BCUT2D eigenvalue weighted by Crippen LogP contribution is 2.78. The van der Waals surface area contributed by atoms with Crippen LogP contribution in [0.1, 0.15) is 0 Å². The lowest BCUT2D eigenvalue weighted by Crippen LogP contribution is -2.21. The molecule has 2 saturated carbocycles. The molecular weight excluding hydrogens is 208 g/mol. The van der Waals surface area contributed by atoms with Crippen LogP contribution >= 0.6 is 0 Å². The van der Waals surface area contributed by atoms with E-state index in [0.717, 1.165) is 0 Å². The average molecular weight is 226 g/mol. The van der Waals surface area contributed by atoms with E-state index in [1.165, 1.54) is 0 Å². The van der Waals surface area contributed by atoms with E-state index in [1.54, 1.807) is 0 Å². The summed E-state index contributed by atoms with van der Waals surface area (Å²) < 4.78 is 0. The van der Waals surface area contributed by atoms with Crippen LogP contribution in [0, 0.1) is 34.5 Å². The number of hydrogen-bond acceptors (Lipinski definition) is 4. The molecule has 0 aromatic heterocycles. The summed E-state index contributed by atoms with van der Waals surface area (Å²) in [6.07, 6.45) is 4.09. The molecule has 0 heterocycles. The number of fused-ring (bicyclic) bond motifs is 3. The van der Waals surface area contributed by atoms with E-state index in [2.05, 4.69) is 0 Å². The normalized spacial score (nSPS) is 44.8. The second kappa shape index (κ2) is 3.07. The van der Waals surface area contributed by atoms with Gasteiger partial charge in [0.2, 0.25) is 0 Å². The molecular formula is C12H18O4. The van der Waals surface area contributed by atoms with Crippen LogP contribution in [0.5, 0.6) is 0 Å². The third-order valence-corrected chi connectivity index (χ3v) is 5.30. The molecule has 0 bridgehead atoms. The zero-order chi connectivity index (χ0) is 11.6. The summed E-state index contributed by atoms with van der Waals surface area (Å²) >= 11 is 0. The van der Waals surface area contributed by atoms with Crippen molar-refractivity contribution in [2.75, 3.05) is 26.4 Å². The maximum atomic E-state index is 9.42. The molecule has 90 valence electrons. The van der Waals surface area contributed by atoms with Crippen LogP contribution in [0.4, 0.5) is 0 Å². The molecule has 0 amide bonds. The molecule has 0 aromatic carbocycles. The summed E-state index contributed by atoms with van der Waals surface area (Å²) in [4.78, 5) is 0. The van der Waals surface area contributed by atoms with Crippen molar-refractivity contribution in [2.45, 2.75) is 0 Å². The highest BCUT2D eigenvalue weighted by molar-refractivity contribution is 5.35. The van der Waals surface area contributed by atoms with Gasteiger partial charge in [0.1, 0.15) is 0 Å². The fourth-order valence-electron chi connectivity index (χ4n) is 4.08. The van der Waals surface area contributed by atoms with Gasteiger partial charge in [0.25, 0.3) is 0 Å². The fraction of sp³-hybridized carbons (Fsp3) is 0.833. The van der Waals surface area contributed by atoms with Crippen LogP contribution in [-0.2, 0) is 0 Å². The number of hydrogen-bond donors (Lipinski definition) is 4. The predicted molar refractivity (Wildman–Crippen MR) is 56.3 cm³/mol. The highest BCUT2D eigenvalue weighted by Gasteiger charge is 2.79. The second-order valence-corrected chi connectivity index (χ2v) is 5.59. The van der Waals surface area contributed by atoms with Crippen molar-refractivity contribution >= 4 is 0 Å². The van der Waals surface area contributed by atoms with Gasteiger partial charge in [-0.3, -0.25) is 0 Å². The van der Waals surface area contributed by atoms with E-state index >= 15 is 0 Å². The van der Waals surface area contributed by atoms with Crippen LogP contribution in [0.15, 0.2) is 12.2 Å². The molecule has 0 aromatic rings. The van der Waals surface area contributed by atoms with Gasteiger partial charge in [0.15, 0.2) is 0 Å². The van der Waals surface area contributed by atoms with Crippen molar-refractivity contribution in [3.8, 4) is 0 Å². The van der Waals surface area contributed by atoms with Crippen molar-refractivity contribution < 1.29 is 20.4 Å². The van der Waals surface area contributed by atoms with E-state index in [9.17, 15) is 20.4 Å². The van der Waals surface area contributed by atoms with E-state index < -0.39 is 10.8 Å². The minimum atomic E-state index is -0.401. The summed E-state index contributed by atoms with van der Waals surface area (Å²) in [5, 5.41) is 37.7. The van der Waals surface area contributed by atoms with Crippen LogP contribution in [0.3, 0.4) is 0 Å². The highest BCUT2D eigenvalue weighted by atomic mass is 16.3. The van der Waals surface area contributed by atoms with Gasteiger partial charge in [0.05, 0.1) is 26.4 Å². The maximum absolute atomic E-state index is 9.42. The Balaban J connectivity index is 1.89. The smallest absolute Gasteiger partial charge is 0.0518 e. The molecule has 0 spiro atoms. The standard InChI is InChI=1S/C12H18O4/c13-3-11(4-14)7-1-2-8-10(9(7)11)12(8,5-15)6-16/h1-2,7-10,13-16H,3-6H2/t7-,8-,9-,10-/m0/s1. The quantitative estimate of drug-likeness (QED) is 0.463. The van der Waals surface area contributed by atoms with Gasteiger partial charge < -0.3 is 20.4 Å². The first-order chi connectivity index (χ1) is 7.71. The third kappa shape index (κ3) is 0.911. The van der Waals surface area contributed by atoms with Crippen molar-refractivity contribution in [1.82, 2.24) is 0 Å². The first-order valence-electron chi connectivity index (χ1n) is 5.83. The number of rotatable bonds is 4. The Labute approximate surface area is 94.2 Å². The molecule has 0 radical (unpaired) electrons. The van der Waals surface area contributed by atoms with Crippen LogP contribution in [0.2, 0.25) is 0 Å². The van der Waals surface area contributed by atoms with Gasteiger partial charge in [0, 0.05) is 10.8 Å². The minimum Gasteiger partial charge on any atom is -0.396 e. The summed E-state index contributed by atoms with van der Waals surface area (Å²) in [6.45, 7) is -0.0582. The van der Waals surface area contributed by atoms with Crippen molar-refractivity contribution in [3.63, 3.8) is 0 Å². The molecule has 2 fully saturated rings. The summed E-state index contributed by atoms with van der Waals surface area (Å²) in [5.41, 5.74) is -0.802. The van der Waals surface area contributed by atoms with Crippen molar-refractivity contribution in [1.29, 1.82) is 0 Å². The molecule has 3 rings (SSSR count). The predicted octanol–water partition coefficient (Wildman–Crippen LogP) is -1.01. The maximum Gasteiger partial charge on any atom is 0.0518 e. The van der Waals surface area contributed by atoms with Crippen LogP contribution in [0.25, 0.3) is 0 Å². The SMILES string of the molecule is OCC1(CO)[C@@H]2[C@@H]3[C@H](C=C[C@@H]21)C3(CO)CO. The Kier molecular flexibility index (Phi) is 2.06. The number of aliphatic hydroxyl groups excluding tert-OH is 4. The first-order valence-corrected chi connectivity index (χ1v) is 5.83. The lowest BCUT2D eigenvalue weighted by atomic mass is 9.97. The molecule has 4 heteroatoms. The monoisotopic (exact) mass is 226 g/mol. The number of allylic oxidation sites excluding steroid dienone is 2. The second-order valence-electron chi connectivity index (χ2n) is 5.59. The van der Waals surface area contributed by atoms with E-state index in [4.69, 9.17) is 0 Å². The van der Waals surface area contributed by atoms with Gasteiger partial charge >= 0.3 is 0 Å². The summed E-state index contributed by atoms with van der Waals surface area (Å²) in [7, 11) is 0. The largest absolute Gasteiger partial charge is 0.396 e.